The highest BCUT2D eigenvalue weighted by atomic mass is 16.4. The summed E-state index contributed by atoms with van der Waals surface area (Å²) < 4.78 is 0. The van der Waals surface area contributed by atoms with Crippen LogP contribution in [0, 0.1) is 0 Å². The Bertz CT molecular complexity index is 318. The van der Waals surface area contributed by atoms with Gasteiger partial charge in [0.2, 0.25) is 0 Å². The Balaban J connectivity index is 2.88. The molecule has 1 aliphatic rings. The molecule has 2 atom stereocenters. The van der Waals surface area contributed by atoms with Crippen molar-refractivity contribution in [3.63, 3.8) is 0 Å². The number of carbonyl (C=O) groups is 1. The first-order valence-electron chi connectivity index (χ1n) is 8.09. The zero-order valence-electron chi connectivity index (χ0n) is 13.8. The van der Waals surface area contributed by atoms with E-state index in [2.05, 4.69) is 31.0 Å². The van der Waals surface area contributed by atoms with Gasteiger partial charge in [-0.15, -0.1) is 0 Å². The lowest BCUT2D eigenvalue weighted by molar-refractivity contribution is -0.148. The number of hydrogen-bond donors (Lipinski definition) is 2. The van der Waals surface area contributed by atoms with Crippen LogP contribution in [0.25, 0.3) is 0 Å². The smallest absolute Gasteiger partial charge is 0.323 e. The molecule has 1 rings (SSSR count). The van der Waals surface area contributed by atoms with Crippen LogP contribution >= 0.6 is 0 Å². The summed E-state index contributed by atoms with van der Waals surface area (Å²) in [5.74, 6) is -0.684. The van der Waals surface area contributed by atoms with Gasteiger partial charge in [0, 0.05) is 18.1 Å². The molecule has 20 heavy (non-hydrogen) atoms. The van der Waals surface area contributed by atoms with E-state index >= 15 is 0 Å². The van der Waals surface area contributed by atoms with Crippen molar-refractivity contribution in [1.29, 1.82) is 0 Å². The Kier molecular flexibility index (Phi) is 6.46. The maximum Gasteiger partial charge on any atom is 0.323 e. The fraction of sp³-hybridized carbons (Fsp3) is 0.938. The van der Waals surface area contributed by atoms with Crippen molar-refractivity contribution in [2.75, 3.05) is 6.54 Å². The van der Waals surface area contributed by atoms with Gasteiger partial charge in [0.1, 0.15) is 5.54 Å². The average Bonchev–Trinajstić information content (AvgIpc) is 2.34. The van der Waals surface area contributed by atoms with Gasteiger partial charge in [0.25, 0.3) is 0 Å². The lowest BCUT2D eigenvalue weighted by Gasteiger charge is -2.45. The molecule has 4 heteroatoms. The van der Waals surface area contributed by atoms with E-state index in [1.54, 1.807) is 0 Å². The van der Waals surface area contributed by atoms with Gasteiger partial charge in [0.05, 0.1) is 0 Å². The van der Waals surface area contributed by atoms with E-state index < -0.39 is 11.5 Å². The van der Waals surface area contributed by atoms with Crippen molar-refractivity contribution in [1.82, 2.24) is 10.2 Å². The average molecular weight is 284 g/mol. The topological polar surface area (TPSA) is 52.6 Å². The Morgan fingerprint density at radius 2 is 2.05 bits per heavy atom. The summed E-state index contributed by atoms with van der Waals surface area (Å²) in [6.07, 6.45) is 4.69. The molecule has 1 aliphatic carbocycles. The highest BCUT2D eigenvalue weighted by Crippen LogP contribution is 2.33. The fourth-order valence-electron chi connectivity index (χ4n) is 3.59. The molecule has 0 aliphatic heterocycles. The van der Waals surface area contributed by atoms with E-state index in [1.165, 1.54) is 0 Å². The van der Waals surface area contributed by atoms with Crippen molar-refractivity contribution in [2.45, 2.75) is 90.4 Å². The van der Waals surface area contributed by atoms with Gasteiger partial charge in [-0.05, 0) is 66.3 Å². The molecule has 0 bridgehead atoms. The quantitative estimate of drug-likeness (QED) is 0.755. The highest BCUT2D eigenvalue weighted by molar-refractivity contribution is 5.79. The third kappa shape index (κ3) is 4.19. The molecule has 0 radical (unpaired) electrons. The minimum Gasteiger partial charge on any atom is -0.480 e. The Labute approximate surface area is 123 Å². The van der Waals surface area contributed by atoms with Gasteiger partial charge in [0.15, 0.2) is 0 Å². The molecule has 0 heterocycles. The van der Waals surface area contributed by atoms with E-state index in [4.69, 9.17) is 0 Å². The third-order valence-electron chi connectivity index (χ3n) is 4.31. The van der Waals surface area contributed by atoms with E-state index in [9.17, 15) is 9.90 Å². The largest absolute Gasteiger partial charge is 0.480 e. The van der Waals surface area contributed by atoms with Gasteiger partial charge < -0.3 is 5.11 Å². The summed E-state index contributed by atoms with van der Waals surface area (Å²) in [6, 6.07) is 1.05. The summed E-state index contributed by atoms with van der Waals surface area (Å²) in [7, 11) is 0. The molecule has 2 unspecified atom stereocenters. The minimum atomic E-state index is -0.738. The fourth-order valence-corrected chi connectivity index (χ4v) is 3.59. The summed E-state index contributed by atoms with van der Waals surface area (Å²) in [6.45, 7) is 11.7. The minimum absolute atomic E-state index is 0.198. The number of nitrogens with one attached hydrogen (secondary N) is 1. The molecule has 1 fully saturated rings. The third-order valence-corrected chi connectivity index (χ3v) is 4.31. The second-order valence-corrected chi connectivity index (χ2v) is 6.77. The molecular weight excluding hydrogens is 252 g/mol. The monoisotopic (exact) mass is 284 g/mol. The van der Waals surface area contributed by atoms with Crippen LogP contribution in [0.15, 0.2) is 0 Å². The molecular formula is C16H32N2O2. The number of rotatable bonds is 7. The molecule has 0 aromatic carbocycles. The molecule has 0 aromatic rings. The standard InChI is InChI=1S/C16H32N2O2/c1-6-10-18(13(4)5)14-8-7-9-16(11-14,15(19)20)17-12(2)3/h12-14,17H,6-11H2,1-5H3,(H,19,20). The first-order chi connectivity index (χ1) is 9.32. The summed E-state index contributed by atoms with van der Waals surface area (Å²) >= 11 is 0. The summed E-state index contributed by atoms with van der Waals surface area (Å²) in [4.78, 5) is 14.3. The second kappa shape index (κ2) is 7.41. The Hall–Kier alpha value is -0.610. The molecule has 118 valence electrons. The van der Waals surface area contributed by atoms with Crippen LogP contribution in [0.4, 0.5) is 0 Å². The highest BCUT2D eigenvalue weighted by Gasteiger charge is 2.44. The first-order valence-corrected chi connectivity index (χ1v) is 8.09. The lowest BCUT2D eigenvalue weighted by atomic mass is 9.77. The van der Waals surface area contributed by atoms with Crippen LogP contribution in [0.1, 0.15) is 66.7 Å². The van der Waals surface area contributed by atoms with E-state index in [0.717, 1.165) is 38.6 Å². The number of hydrogen-bond acceptors (Lipinski definition) is 3. The van der Waals surface area contributed by atoms with Gasteiger partial charge in [-0.25, -0.2) is 0 Å². The Morgan fingerprint density at radius 1 is 1.40 bits per heavy atom. The van der Waals surface area contributed by atoms with Gasteiger partial charge in [-0.2, -0.15) is 0 Å². The molecule has 1 saturated carbocycles. The van der Waals surface area contributed by atoms with E-state index in [0.29, 0.717) is 12.1 Å². The van der Waals surface area contributed by atoms with E-state index in [-0.39, 0.29) is 6.04 Å². The number of carboxylic acid groups (broad SMARTS) is 1. The van der Waals surface area contributed by atoms with Crippen LogP contribution in [0.3, 0.4) is 0 Å². The lowest BCUT2D eigenvalue weighted by Crippen LogP contribution is -2.60. The predicted molar refractivity (Wildman–Crippen MR) is 83.0 cm³/mol. The van der Waals surface area contributed by atoms with Crippen LogP contribution in [0.2, 0.25) is 0 Å². The zero-order valence-corrected chi connectivity index (χ0v) is 13.8. The molecule has 0 aromatic heterocycles. The van der Waals surface area contributed by atoms with Gasteiger partial charge >= 0.3 is 5.97 Å². The van der Waals surface area contributed by atoms with Crippen LogP contribution in [-0.2, 0) is 4.79 Å². The van der Waals surface area contributed by atoms with E-state index in [1.807, 2.05) is 13.8 Å². The Morgan fingerprint density at radius 3 is 2.50 bits per heavy atom. The first kappa shape index (κ1) is 17.4. The van der Waals surface area contributed by atoms with Gasteiger partial charge in [-0.1, -0.05) is 6.92 Å². The van der Waals surface area contributed by atoms with Crippen molar-refractivity contribution in [3.8, 4) is 0 Å². The normalized spacial score (nSPS) is 27.5. The maximum absolute atomic E-state index is 11.8. The van der Waals surface area contributed by atoms with Crippen LogP contribution in [0.5, 0.6) is 0 Å². The number of nitrogens with zero attached hydrogens (tertiary/aromatic N) is 1. The maximum atomic E-state index is 11.8. The number of aliphatic carboxylic acids is 1. The molecule has 0 saturated heterocycles. The molecule has 2 N–H and O–H groups in total. The SMILES string of the molecule is CCCN(C(C)C)C1CCCC(NC(C)C)(C(=O)O)C1. The van der Waals surface area contributed by atoms with Crippen molar-refractivity contribution in [2.24, 2.45) is 0 Å². The summed E-state index contributed by atoms with van der Waals surface area (Å²) in [5, 5.41) is 13.1. The number of carboxylic acids is 1. The predicted octanol–water partition coefficient (Wildman–Crippen LogP) is 2.87. The van der Waals surface area contributed by atoms with Crippen LogP contribution in [-0.4, -0.2) is 46.2 Å². The molecule has 0 amide bonds. The van der Waals surface area contributed by atoms with Crippen molar-refractivity contribution in [3.05, 3.63) is 0 Å². The summed E-state index contributed by atoms with van der Waals surface area (Å²) in [5.41, 5.74) is -0.738. The van der Waals surface area contributed by atoms with Crippen molar-refractivity contribution < 1.29 is 9.90 Å². The van der Waals surface area contributed by atoms with Crippen LogP contribution < -0.4 is 5.32 Å². The second-order valence-electron chi connectivity index (χ2n) is 6.77. The molecule has 4 nitrogen and oxygen atoms in total. The van der Waals surface area contributed by atoms with Gasteiger partial charge in [-0.3, -0.25) is 15.0 Å². The molecule has 0 spiro atoms. The van der Waals surface area contributed by atoms with Crippen molar-refractivity contribution >= 4 is 5.97 Å². The zero-order chi connectivity index (χ0) is 15.3.